The van der Waals surface area contributed by atoms with Crippen molar-refractivity contribution in [3.63, 3.8) is 0 Å². The topological polar surface area (TPSA) is 58.2 Å². The molecule has 0 aromatic heterocycles. The summed E-state index contributed by atoms with van der Waals surface area (Å²) in [6.45, 7) is 0.321. The average Bonchev–Trinajstić information content (AvgIpc) is 2.29. The summed E-state index contributed by atoms with van der Waals surface area (Å²) in [5, 5.41) is 5.70. The van der Waals surface area contributed by atoms with Crippen LogP contribution in [0.25, 0.3) is 0 Å². The molecule has 0 aliphatic carbocycles. The zero-order valence-electron chi connectivity index (χ0n) is 8.92. The van der Waals surface area contributed by atoms with Gasteiger partial charge in [0.15, 0.2) is 0 Å². The number of carbonyl (C=O) groups excluding carboxylic acids is 2. The van der Waals surface area contributed by atoms with Crippen LogP contribution in [0.4, 0.5) is 0 Å². The molecular weight excluding hydrogens is 228 g/mol. The van der Waals surface area contributed by atoms with Gasteiger partial charge in [-0.15, -0.1) is 0 Å². The summed E-state index contributed by atoms with van der Waals surface area (Å²) in [6.07, 6.45) is 0.274. The number of rotatable bonds is 4. The predicted octanol–water partition coefficient (Wildman–Crippen LogP) is 1.21. The normalized spacial score (nSPS) is 9.62. The van der Waals surface area contributed by atoms with Gasteiger partial charge in [0.05, 0.1) is 0 Å². The standard InChI is InChI=1S/C11H13ClN2O2/c1-13-10(15)6-7-14-11(16)8-2-4-9(12)5-3-8/h2-5H,6-7H2,1H3,(H,13,15)(H,14,16). The van der Waals surface area contributed by atoms with Crippen LogP contribution in [0.2, 0.25) is 5.02 Å². The van der Waals surface area contributed by atoms with Crippen molar-refractivity contribution < 1.29 is 9.59 Å². The molecule has 0 bridgehead atoms. The molecule has 0 spiro atoms. The zero-order valence-corrected chi connectivity index (χ0v) is 9.67. The second kappa shape index (κ2) is 6.12. The molecule has 0 saturated heterocycles. The van der Waals surface area contributed by atoms with Crippen LogP contribution in [-0.4, -0.2) is 25.4 Å². The average molecular weight is 241 g/mol. The molecule has 86 valence electrons. The molecular formula is C11H13ClN2O2. The summed E-state index contributed by atoms with van der Waals surface area (Å²) >= 11 is 5.70. The van der Waals surface area contributed by atoms with Gasteiger partial charge in [0.1, 0.15) is 0 Å². The summed E-state index contributed by atoms with van der Waals surface area (Å²) in [7, 11) is 1.56. The van der Waals surface area contributed by atoms with Crippen molar-refractivity contribution in [1.82, 2.24) is 10.6 Å². The molecule has 2 N–H and O–H groups in total. The maximum Gasteiger partial charge on any atom is 0.251 e. The van der Waals surface area contributed by atoms with Gasteiger partial charge in [-0.05, 0) is 24.3 Å². The minimum atomic E-state index is -0.208. The van der Waals surface area contributed by atoms with Gasteiger partial charge in [-0.25, -0.2) is 0 Å². The van der Waals surface area contributed by atoms with Crippen LogP contribution >= 0.6 is 11.6 Å². The van der Waals surface area contributed by atoms with Crippen LogP contribution in [0.3, 0.4) is 0 Å². The van der Waals surface area contributed by atoms with E-state index >= 15 is 0 Å². The molecule has 0 atom stereocenters. The molecule has 0 radical (unpaired) electrons. The highest BCUT2D eigenvalue weighted by Crippen LogP contribution is 2.09. The minimum Gasteiger partial charge on any atom is -0.359 e. The molecule has 1 aromatic rings. The molecule has 0 aliphatic heterocycles. The van der Waals surface area contributed by atoms with Gasteiger partial charge in [0.2, 0.25) is 5.91 Å². The fourth-order valence-corrected chi connectivity index (χ4v) is 1.24. The first-order valence-electron chi connectivity index (χ1n) is 4.88. The summed E-state index contributed by atoms with van der Waals surface area (Å²) in [6, 6.07) is 6.57. The third kappa shape index (κ3) is 3.90. The lowest BCUT2D eigenvalue weighted by atomic mass is 10.2. The second-order valence-corrected chi connectivity index (χ2v) is 3.62. The maximum atomic E-state index is 11.5. The predicted molar refractivity (Wildman–Crippen MR) is 62.5 cm³/mol. The van der Waals surface area contributed by atoms with Crippen LogP contribution in [0.5, 0.6) is 0 Å². The molecule has 4 nitrogen and oxygen atoms in total. The zero-order chi connectivity index (χ0) is 12.0. The van der Waals surface area contributed by atoms with Crippen molar-refractivity contribution in [2.45, 2.75) is 6.42 Å². The number of benzene rings is 1. The largest absolute Gasteiger partial charge is 0.359 e. The number of amides is 2. The van der Waals surface area contributed by atoms with Crippen LogP contribution < -0.4 is 10.6 Å². The van der Waals surface area contributed by atoms with Crippen LogP contribution in [-0.2, 0) is 4.79 Å². The van der Waals surface area contributed by atoms with E-state index in [0.717, 1.165) is 0 Å². The van der Waals surface area contributed by atoms with Crippen molar-refractivity contribution in [2.24, 2.45) is 0 Å². The maximum absolute atomic E-state index is 11.5. The van der Waals surface area contributed by atoms with Gasteiger partial charge >= 0.3 is 0 Å². The van der Waals surface area contributed by atoms with Gasteiger partial charge in [-0.2, -0.15) is 0 Å². The molecule has 1 rings (SSSR count). The SMILES string of the molecule is CNC(=O)CCNC(=O)c1ccc(Cl)cc1. The molecule has 0 heterocycles. The van der Waals surface area contributed by atoms with E-state index < -0.39 is 0 Å². The minimum absolute atomic E-state index is 0.101. The first-order valence-corrected chi connectivity index (χ1v) is 5.25. The Morgan fingerprint density at radius 1 is 1.25 bits per heavy atom. The Hall–Kier alpha value is -1.55. The van der Waals surface area contributed by atoms with Crippen LogP contribution in [0.15, 0.2) is 24.3 Å². The first-order chi connectivity index (χ1) is 7.63. The van der Waals surface area contributed by atoms with E-state index in [1.165, 1.54) is 0 Å². The monoisotopic (exact) mass is 240 g/mol. The molecule has 5 heteroatoms. The van der Waals surface area contributed by atoms with Crippen molar-refractivity contribution >= 4 is 23.4 Å². The van der Waals surface area contributed by atoms with Crippen molar-refractivity contribution in [3.05, 3.63) is 34.9 Å². The number of nitrogens with one attached hydrogen (secondary N) is 2. The Morgan fingerprint density at radius 3 is 2.44 bits per heavy atom. The van der Waals surface area contributed by atoms with E-state index in [2.05, 4.69) is 10.6 Å². The number of hydrogen-bond acceptors (Lipinski definition) is 2. The van der Waals surface area contributed by atoms with E-state index in [0.29, 0.717) is 17.1 Å². The molecule has 0 aliphatic rings. The lowest BCUT2D eigenvalue weighted by molar-refractivity contribution is -0.120. The Morgan fingerprint density at radius 2 is 1.88 bits per heavy atom. The van der Waals surface area contributed by atoms with Gasteiger partial charge in [-0.3, -0.25) is 9.59 Å². The quantitative estimate of drug-likeness (QED) is 0.831. The van der Waals surface area contributed by atoms with E-state index in [-0.39, 0.29) is 18.2 Å². The van der Waals surface area contributed by atoms with Crippen LogP contribution in [0.1, 0.15) is 16.8 Å². The highest BCUT2D eigenvalue weighted by atomic mass is 35.5. The Balaban J connectivity index is 2.41. The van der Waals surface area contributed by atoms with Crippen LogP contribution in [0, 0.1) is 0 Å². The van der Waals surface area contributed by atoms with E-state index in [9.17, 15) is 9.59 Å². The van der Waals surface area contributed by atoms with Gasteiger partial charge in [0, 0.05) is 30.6 Å². The Kier molecular flexibility index (Phi) is 4.79. The van der Waals surface area contributed by atoms with Gasteiger partial charge < -0.3 is 10.6 Å². The smallest absolute Gasteiger partial charge is 0.251 e. The number of hydrogen-bond donors (Lipinski definition) is 2. The summed E-state index contributed by atoms with van der Waals surface area (Å²) in [5.74, 6) is -0.308. The third-order valence-corrected chi connectivity index (χ3v) is 2.27. The summed E-state index contributed by atoms with van der Waals surface area (Å²) in [4.78, 5) is 22.4. The van der Waals surface area contributed by atoms with Crippen molar-refractivity contribution in [3.8, 4) is 0 Å². The van der Waals surface area contributed by atoms with Gasteiger partial charge in [0.25, 0.3) is 5.91 Å². The Bertz CT molecular complexity index is 376. The molecule has 2 amide bonds. The second-order valence-electron chi connectivity index (χ2n) is 3.19. The van der Waals surface area contributed by atoms with E-state index in [1.54, 1.807) is 31.3 Å². The van der Waals surface area contributed by atoms with Gasteiger partial charge in [-0.1, -0.05) is 11.6 Å². The fourth-order valence-electron chi connectivity index (χ4n) is 1.12. The third-order valence-electron chi connectivity index (χ3n) is 2.02. The van der Waals surface area contributed by atoms with Crippen molar-refractivity contribution in [1.29, 1.82) is 0 Å². The lowest BCUT2D eigenvalue weighted by Crippen LogP contribution is -2.29. The highest BCUT2D eigenvalue weighted by molar-refractivity contribution is 6.30. The highest BCUT2D eigenvalue weighted by Gasteiger charge is 2.05. The molecule has 0 fully saturated rings. The fraction of sp³-hybridized carbons (Fsp3) is 0.273. The summed E-state index contributed by atoms with van der Waals surface area (Å²) < 4.78 is 0. The molecule has 16 heavy (non-hydrogen) atoms. The van der Waals surface area contributed by atoms with E-state index in [1.807, 2.05) is 0 Å². The first kappa shape index (κ1) is 12.5. The number of carbonyl (C=O) groups is 2. The molecule has 0 unspecified atom stereocenters. The molecule has 1 aromatic carbocycles. The number of halogens is 1. The van der Waals surface area contributed by atoms with Crippen molar-refractivity contribution in [2.75, 3.05) is 13.6 Å². The lowest BCUT2D eigenvalue weighted by Gasteiger charge is -2.04. The summed E-state index contributed by atoms with van der Waals surface area (Å²) in [5.41, 5.74) is 0.529. The van der Waals surface area contributed by atoms with E-state index in [4.69, 9.17) is 11.6 Å². The Labute approximate surface area is 99.0 Å². The molecule has 0 saturated carbocycles.